The van der Waals surface area contributed by atoms with Gasteiger partial charge in [-0.2, -0.15) is 18.4 Å². The van der Waals surface area contributed by atoms with Gasteiger partial charge in [0.25, 0.3) is 5.91 Å². The molecular formula is C21H12F4N2O2. The van der Waals surface area contributed by atoms with E-state index in [-0.39, 0.29) is 22.7 Å². The van der Waals surface area contributed by atoms with Gasteiger partial charge in [0.15, 0.2) is 0 Å². The minimum absolute atomic E-state index is 0.114. The number of anilines is 1. The maximum atomic E-state index is 12.9. The SMILES string of the molecule is N#CC(=Cc1ccc(-c2cccc(C(F)(F)F)c2)o1)C(=O)Nc1ccc(F)cc1. The van der Waals surface area contributed by atoms with Crippen LogP contribution in [0.1, 0.15) is 11.3 Å². The highest BCUT2D eigenvalue weighted by molar-refractivity contribution is 6.09. The van der Waals surface area contributed by atoms with Crippen molar-refractivity contribution in [2.45, 2.75) is 6.18 Å². The van der Waals surface area contributed by atoms with E-state index in [9.17, 15) is 27.6 Å². The Kier molecular flexibility index (Phi) is 5.50. The third-order valence-electron chi connectivity index (χ3n) is 3.85. The summed E-state index contributed by atoms with van der Waals surface area (Å²) in [5, 5.41) is 11.7. The van der Waals surface area contributed by atoms with Crippen LogP contribution in [0.15, 0.2) is 70.7 Å². The van der Waals surface area contributed by atoms with E-state index in [2.05, 4.69) is 5.32 Å². The average molecular weight is 400 g/mol. The number of nitrogens with zero attached hydrogens (tertiary/aromatic N) is 1. The molecule has 0 fully saturated rings. The normalized spacial score (nSPS) is 11.8. The van der Waals surface area contributed by atoms with Gasteiger partial charge in [0.1, 0.15) is 29.0 Å². The maximum Gasteiger partial charge on any atom is 0.416 e. The number of rotatable bonds is 4. The molecule has 3 aromatic rings. The number of nitrogens with one attached hydrogen (secondary N) is 1. The van der Waals surface area contributed by atoms with E-state index < -0.39 is 23.5 Å². The summed E-state index contributed by atoms with van der Waals surface area (Å²) in [6.07, 6.45) is -3.33. The van der Waals surface area contributed by atoms with Gasteiger partial charge in [0, 0.05) is 17.3 Å². The van der Waals surface area contributed by atoms with E-state index in [4.69, 9.17) is 4.42 Å². The summed E-state index contributed by atoms with van der Waals surface area (Å²) in [6.45, 7) is 0. The first-order valence-electron chi connectivity index (χ1n) is 8.22. The van der Waals surface area contributed by atoms with Gasteiger partial charge in [-0.25, -0.2) is 4.39 Å². The van der Waals surface area contributed by atoms with Gasteiger partial charge >= 0.3 is 6.18 Å². The molecule has 146 valence electrons. The van der Waals surface area contributed by atoms with E-state index in [0.29, 0.717) is 5.69 Å². The van der Waals surface area contributed by atoms with Crippen molar-refractivity contribution in [1.82, 2.24) is 0 Å². The van der Waals surface area contributed by atoms with E-state index in [1.807, 2.05) is 0 Å². The first kappa shape index (κ1) is 19.9. The number of carbonyl (C=O) groups excluding carboxylic acids is 1. The molecule has 4 nitrogen and oxygen atoms in total. The molecule has 1 N–H and O–H groups in total. The van der Waals surface area contributed by atoms with E-state index in [1.165, 1.54) is 36.4 Å². The van der Waals surface area contributed by atoms with Crippen LogP contribution in [0.5, 0.6) is 0 Å². The summed E-state index contributed by atoms with van der Waals surface area (Å²) in [4.78, 5) is 12.2. The molecule has 0 saturated heterocycles. The monoisotopic (exact) mass is 400 g/mol. The molecule has 8 heteroatoms. The number of halogens is 4. The Morgan fingerprint density at radius 3 is 2.45 bits per heavy atom. The van der Waals surface area contributed by atoms with E-state index in [1.54, 1.807) is 6.07 Å². The van der Waals surface area contributed by atoms with Gasteiger partial charge < -0.3 is 9.73 Å². The lowest BCUT2D eigenvalue weighted by atomic mass is 10.1. The topological polar surface area (TPSA) is 66.0 Å². The molecule has 3 rings (SSSR count). The highest BCUT2D eigenvalue weighted by Gasteiger charge is 2.30. The zero-order chi connectivity index (χ0) is 21.0. The molecule has 29 heavy (non-hydrogen) atoms. The molecule has 0 aliphatic heterocycles. The summed E-state index contributed by atoms with van der Waals surface area (Å²) in [5.74, 6) is -0.949. The fourth-order valence-corrected chi connectivity index (χ4v) is 2.46. The third-order valence-corrected chi connectivity index (χ3v) is 3.85. The minimum Gasteiger partial charge on any atom is -0.457 e. The summed E-state index contributed by atoms with van der Waals surface area (Å²) in [5.41, 5.74) is -0.616. The highest BCUT2D eigenvalue weighted by Crippen LogP contribution is 2.32. The van der Waals surface area contributed by atoms with Crippen molar-refractivity contribution in [3.8, 4) is 17.4 Å². The first-order valence-corrected chi connectivity index (χ1v) is 8.22. The Hall–Kier alpha value is -3.86. The lowest BCUT2D eigenvalue weighted by Crippen LogP contribution is -2.13. The molecule has 1 heterocycles. The second-order valence-electron chi connectivity index (χ2n) is 5.91. The Balaban J connectivity index is 1.81. The first-order chi connectivity index (χ1) is 13.8. The Morgan fingerprint density at radius 2 is 1.79 bits per heavy atom. The lowest BCUT2D eigenvalue weighted by molar-refractivity contribution is -0.137. The smallest absolute Gasteiger partial charge is 0.416 e. The van der Waals surface area contributed by atoms with Crippen LogP contribution in [-0.4, -0.2) is 5.91 Å². The molecular weight excluding hydrogens is 388 g/mol. The number of nitriles is 1. The standard InChI is InChI=1S/C21H12F4N2O2/c22-16-4-6-17(7-5-16)27-20(28)14(12-26)11-18-8-9-19(29-18)13-2-1-3-15(10-13)21(23,24)25/h1-11H,(H,27,28). The Labute approximate surface area is 162 Å². The van der Waals surface area contributed by atoms with Gasteiger partial charge in [-0.3, -0.25) is 4.79 Å². The van der Waals surface area contributed by atoms with Crippen molar-refractivity contribution < 1.29 is 26.8 Å². The summed E-state index contributed by atoms with van der Waals surface area (Å²) in [6, 6.07) is 14.2. The van der Waals surface area contributed by atoms with Crippen LogP contribution in [0.3, 0.4) is 0 Å². The summed E-state index contributed by atoms with van der Waals surface area (Å²) in [7, 11) is 0. The number of carbonyl (C=O) groups is 1. The molecule has 1 aromatic heterocycles. The number of hydrogen-bond donors (Lipinski definition) is 1. The molecule has 0 bridgehead atoms. The van der Waals surface area contributed by atoms with Gasteiger partial charge in [-0.05, 0) is 48.5 Å². The predicted octanol–water partition coefficient (Wildman–Crippen LogP) is 5.65. The molecule has 0 spiro atoms. The molecule has 0 saturated carbocycles. The Morgan fingerprint density at radius 1 is 1.07 bits per heavy atom. The lowest BCUT2D eigenvalue weighted by Gasteiger charge is -2.07. The fraction of sp³-hybridized carbons (Fsp3) is 0.0476. The molecule has 0 aliphatic rings. The number of furan rings is 1. The molecule has 1 amide bonds. The third kappa shape index (κ3) is 4.90. The zero-order valence-corrected chi connectivity index (χ0v) is 14.6. The second-order valence-corrected chi connectivity index (χ2v) is 5.91. The van der Waals surface area contributed by atoms with Crippen molar-refractivity contribution in [3.63, 3.8) is 0 Å². The molecule has 0 aliphatic carbocycles. The summed E-state index contributed by atoms with van der Waals surface area (Å²) >= 11 is 0. The van der Waals surface area contributed by atoms with E-state index >= 15 is 0 Å². The number of alkyl halides is 3. The maximum absolute atomic E-state index is 12.9. The van der Waals surface area contributed by atoms with Gasteiger partial charge in [-0.1, -0.05) is 12.1 Å². The summed E-state index contributed by atoms with van der Waals surface area (Å²) < 4.78 is 56.9. The second kappa shape index (κ2) is 8.02. The fourth-order valence-electron chi connectivity index (χ4n) is 2.46. The Bertz CT molecular complexity index is 1110. The number of benzene rings is 2. The largest absolute Gasteiger partial charge is 0.457 e. The van der Waals surface area contributed by atoms with Crippen LogP contribution >= 0.6 is 0 Å². The van der Waals surface area contributed by atoms with Gasteiger partial charge in [0.2, 0.25) is 0 Å². The molecule has 0 atom stereocenters. The van der Waals surface area contributed by atoms with Gasteiger partial charge in [-0.15, -0.1) is 0 Å². The van der Waals surface area contributed by atoms with Gasteiger partial charge in [0.05, 0.1) is 5.56 Å². The van der Waals surface area contributed by atoms with Crippen LogP contribution in [0.4, 0.5) is 23.2 Å². The van der Waals surface area contributed by atoms with E-state index in [0.717, 1.165) is 30.3 Å². The van der Waals surface area contributed by atoms with Crippen LogP contribution in [0.25, 0.3) is 17.4 Å². The number of amides is 1. The minimum atomic E-state index is -4.49. The predicted molar refractivity (Wildman–Crippen MR) is 97.8 cm³/mol. The average Bonchev–Trinajstić information content (AvgIpc) is 3.16. The van der Waals surface area contributed by atoms with Crippen molar-refractivity contribution in [2.24, 2.45) is 0 Å². The van der Waals surface area contributed by atoms with Crippen molar-refractivity contribution in [3.05, 3.63) is 83.4 Å². The van der Waals surface area contributed by atoms with Crippen LogP contribution < -0.4 is 5.32 Å². The number of hydrogen-bond acceptors (Lipinski definition) is 3. The zero-order valence-electron chi connectivity index (χ0n) is 14.6. The van der Waals surface area contributed by atoms with Crippen LogP contribution in [0.2, 0.25) is 0 Å². The quantitative estimate of drug-likeness (QED) is 0.350. The van der Waals surface area contributed by atoms with Crippen molar-refractivity contribution in [2.75, 3.05) is 5.32 Å². The van der Waals surface area contributed by atoms with Crippen LogP contribution in [-0.2, 0) is 11.0 Å². The van der Waals surface area contributed by atoms with Crippen molar-refractivity contribution in [1.29, 1.82) is 5.26 Å². The van der Waals surface area contributed by atoms with Crippen LogP contribution in [0, 0.1) is 17.1 Å². The molecule has 0 radical (unpaired) electrons. The highest BCUT2D eigenvalue weighted by atomic mass is 19.4. The van der Waals surface area contributed by atoms with Crippen molar-refractivity contribution >= 4 is 17.7 Å². The molecule has 2 aromatic carbocycles. The molecule has 0 unspecified atom stereocenters.